The summed E-state index contributed by atoms with van der Waals surface area (Å²) in [5.41, 5.74) is 1.27. The van der Waals surface area contributed by atoms with Crippen molar-refractivity contribution in [2.75, 3.05) is 13.2 Å². The van der Waals surface area contributed by atoms with E-state index in [1.807, 2.05) is 12.1 Å². The number of nitrogens with zero attached hydrogens (tertiary/aromatic N) is 4. The molecule has 1 N–H and O–H groups in total. The van der Waals surface area contributed by atoms with Crippen LogP contribution >= 0.6 is 0 Å². The van der Waals surface area contributed by atoms with Crippen LogP contribution in [0.2, 0.25) is 0 Å². The van der Waals surface area contributed by atoms with Gasteiger partial charge in [0.05, 0.1) is 13.7 Å². The molecule has 112 valence electrons. The number of nitrogens with one attached hydrogen (secondary N) is 1. The summed E-state index contributed by atoms with van der Waals surface area (Å²) in [5, 5.41) is 15.9. The molecule has 0 saturated carbocycles. The first kappa shape index (κ1) is 14.0. The second kappa shape index (κ2) is 6.22. The molecular formula is C15H21N5O. The summed E-state index contributed by atoms with van der Waals surface area (Å²) in [6.07, 6.45) is 1.86. The minimum atomic E-state index is 0.262. The number of hydrogen-bond acceptors (Lipinski definition) is 5. The molecule has 2 aromatic rings. The Morgan fingerprint density at radius 3 is 3.05 bits per heavy atom. The lowest BCUT2D eigenvalue weighted by molar-refractivity contribution is 0.295. The van der Waals surface area contributed by atoms with E-state index in [2.05, 4.69) is 39.8 Å². The number of rotatable bonds is 6. The molecule has 2 atom stereocenters. The Balaban J connectivity index is 1.79. The number of fused-ring (bicyclic) bond motifs is 1. The van der Waals surface area contributed by atoms with Gasteiger partial charge in [0.1, 0.15) is 5.75 Å². The van der Waals surface area contributed by atoms with E-state index >= 15 is 0 Å². The van der Waals surface area contributed by atoms with Gasteiger partial charge in [0.25, 0.3) is 0 Å². The lowest BCUT2D eigenvalue weighted by atomic mass is 9.91. The molecule has 1 aromatic carbocycles. The highest BCUT2D eigenvalue weighted by atomic mass is 16.5. The minimum absolute atomic E-state index is 0.262. The lowest BCUT2D eigenvalue weighted by Crippen LogP contribution is -2.38. The second-order valence-electron chi connectivity index (χ2n) is 5.42. The van der Waals surface area contributed by atoms with E-state index in [0.29, 0.717) is 12.5 Å². The van der Waals surface area contributed by atoms with E-state index in [9.17, 15) is 0 Å². The summed E-state index contributed by atoms with van der Waals surface area (Å²) in [6.45, 7) is 3.86. The molecule has 1 aromatic heterocycles. The number of para-hydroxylation sites is 1. The summed E-state index contributed by atoms with van der Waals surface area (Å²) >= 11 is 0. The third-order valence-electron chi connectivity index (χ3n) is 3.83. The van der Waals surface area contributed by atoms with Gasteiger partial charge >= 0.3 is 0 Å². The van der Waals surface area contributed by atoms with Gasteiger partial charge in [-0.15, -0.1) is 10.2 Å². The van der Waals surface area contributed by atoms with Crippen LogP contribution in [0.25, 0.3) is 0 Å². The Hall–Kier alpha value is -1.95. The van der Waals surface area contributed by atoms with Gasteiger partial charge < -0.3 is 10.1 Å². The molecule has 2 unspecified atom stereocenters. The van der Waals surface area contributed by atoms with E-state index in [1.165, 1.54) is 10.4 Å². The van der Waals surface area contributed by atoms with Crippen LogP contribution in [-0.2, 0) is 13.5 Å². The topological polar surface area (TPSA) is 64.9 Å². The average Bonchev–Trinajstić information content (AvgIpc) is 3.09. The number of hydrogen-bond donors (Lipinski definition) is 1. The molecule has 6 nitrogen and oxygen atoms in total. The third-order valence-corrected chi connectivity index (χ3v) is 3.83. The van der Waals surface area contributed by atoms with Crippen LogP contribution < -0.4 is 10.1 Å². The Morgan fingerprint density at radius 2 is 2.29 bits per heavy atom. The van der Waals surface area contributed by atoms with Gasteiger partial charge in [0.2, 0.25) is 0 Å². The molecule has 0 spiro atoms. The lowest BCUT2D eigenvalue weighted by Gasteiger charge is -2.23. The van der Waals surface area contributed by atoms with E-state index in [1.54, 1.807) is 7.05 Å². The first-order valence-electron chi connectivity index (χ1n) is 7.46. The summed E-state index contributed by atoms with van der Waals surface area (Å²) in [6, 6.07) is 8.53. The van der Waals surface area contributed by atoms with E-state index in [4.69, 9.17) is 4.74 Å². The van der Waals surface area contributed by atoms with Crippen molar-refractivity contribution >= 4 is 0 Å². The Morgan fingerprint density at radius 1 is 1.43 bits per heavy atom. The van der Waals surface area contributed by atoms with Gasteiger partial charge in [-0.3, -0.25) is 0 Å². The van der Waals surface area contributed by atoms with Crippen LogP contribution in [-0.4, -0.2) is 39.4 Å². The maximum absolute atomic E-state index is 5.81. The van der Waals surface area contributed by atoms with E-state index in [0.717, 1.165) is 31.0 Å². The van der Waals surface area contributed by atoms with Crippen molar-refractivity contribution in [1.29, 1.82) is 0 Å². The molecule has 2 heterocycles. The fourth-order valence-corrected chi connectivity index (χ4v) is 2.81. The zero-order valence-electron chi connectivity index (χ0n) is 12.5. The van der Waals surface area contributed by atoms with Crippen LogP contribution in [0, 0.1) is 0 Å². The molecule has 0 radical (unpaired) electrons. The predicted octanol–water partition coefficient (Wildman–Crippen LogP) is 1.30. The molecule has 0 bridgehead atoms. The van der Waals surface area contributed by atoms with Crippen LogP contribution in [0.3, 0.4) is 0 Å². The molecule has 3 rings (SSSR count). The van der Waals surface area contributed by atoms with Crippen LogP contribution in [0.1, 0.15) is 30.7 Å². The SMILES string of the molecule is CCCNC(Cc1nnn(C)n1)C1COc2ccccc21. The standard InChI is InChI=1S/C15H21N5O/c1-3-8-16-13(9-15-17-19-20(2)18-15)12-10-21-14-7-5-4-6-11(12)14/h4-7,12-13,16H,3,8-10H2,1-2H3. The number of benzene rings is 1. The quantitative estimate of drug-likeness (QED) is 0.867. The maximum atomic E-state index is 5.81. The molecule has 0 amide bonds. The molecule has 1 aliphatic heterocycles. The highest BCUT2D eigenvalue weighted by molar-refractivity contribution is 5.40. The smallest absolute Gasteiger partial charge is 0.176 e. The molecular weight excluding hydrogens is 266 g/mol. The molecule has 1 aliphatic rings. The predicted molar refractivity (Wildman–Crippen MR) is 79.3 cm³/mol. The van der Waals surface area contributed by atoms with Gasteiger partial charge in [-0.2, -0.15) is 4.80 Å². The zero-order valence-corrected chi connectivity index (χ0v) is 12.5. The number of aromatic nitrogens is 4. The van der Waals surface area contributed by atoms with Crippen LogP contribution in [0.5, 0.6) is 5.75 Å². The van der Waals surface area contributed by atoms with E-state index < -0.39 is 0 Å². The minimum Gasteiger partial charge on any atom is -0.493 e. The first-order valence-corrected chi connectivity index (χ1v) is 7.46. The van der Waals surface area contributed by atoms with Gasteiger partial charge in [-0.05, 0) is 24.2 Å². The molecule has 0 fully saturated rings. The van der Waals surface area contributed by atoms with Gasteiger partial charge in [-0.25, -0.2) is 0 Å². The van der Waals surface area contributed by atoms with E-state index in [-0.39, 0.29) is 6.04 Å². The van der Waals surface area contributed by atoms with Crippen molar-refractivity contribution in [3.63, 3.8) is 0 Å². The Kier molecular flexibility index (Phi) is 4.15. The van der Waals surface area contributed by atoms with Crippen molar-refractivity contribution in [2.24, 2.45) is 7.05 Å². The molecule has 6 heteroatoms. The second-order valence-corrected chi connectivity index (χ2v) is 5.42. The van der Waals surface area contributed by atoms with Crippen molar-refractivity contribution in [1.82, 2.24) is 25.5 Å². The number of ether oxygens (including phenoxy) is 1. The van der Waals surface area contributed by atoms with Crippen molar-refractivity contribution in [2.45, 2.75) is 31.7 Å². The van der Waals surface area contributed by atoms with Crippen molar-refractivity contribution in [3.8, 4) is 5.75 Å². The maximum Gasteiger partial charge on any atom is 0.176 e. The summed E-state index contributed by atoms with van der Waals surface area (Å²) < 4.78 is 5.81. The highest BCUT2D eigenvalue weighted by Crippen LogP contribution is 2.36. The monoisotopic (exact) mass is 287 g/mol. The fourth-order valence-electron chi connectivity index (χ4n) is 2.81. The number of tetrazole rings is 1. The van der Waals surface area contributed by atoms with Gasteiger partial charge in [0, 0.05) is 23.9 Å². The largest absolute Gasteiger partial charge is 0.493 e. The zero-order chi connectivity index (χ0) is 14.7. The third kappa shape index (κ3) is 3.05. The summed E-state index contributed by atoms with van der Waals surface area (Å²) in [4.78, 5) is 1.51. The van der Waals surface area contributed by atoms with Gasteiger partial charge in [-0.1, -0.05) is 25.1 Å². The fraction of sp³-hybridized carbons (Fsp3) is 0.533. The van der Waals surface area contributed by atoms with Crippen LogP contribution in [0.15, 0.2) is 24.3 Å². The van der Waals surface area contributed by atoms with Crippen molar-refractivity contribution < 1.29 is 4.74 Å². The highest BCUT2D eigenvalue weighted by Gasteiger charge is 2.31. The first-order chi connectivity index (χ1) is 10.3. The average molecular weight is 287 g/mol. The molecule has 21 heavy (non-hydrogen) atoms. The molecule has 0 aliphatic carbocycles. The Bertz CT molecular complexity index is 597. The van der Waals surface area contributed by atoms with Crippen molar-refractivity contribution in [3.05, 3.63) is 35.7 Å². The molecule has 0 saturated heterocycles. The normalized spacial score (nSPS) is 18.3. The summed E-state index contributed by atoms with van der Waals surface area (Å²) in [5.74, 6) is 2.10. The Labute approximate surface area is 124 Å². The van der Waals surface area contributed by atoms with Gasteiger partial charge in [0.15, 0.2) is 5.82 Å². The summed E-state index contributed by atoms with van der Waals surface area (Å²) in [7, 11) is 1.79. The van der Waals surface area contributed by atoms with Crippen LogP contribution in [0.4, 0.5) is 0 Å². The number of aryl methyl sites for hydroxylation is 1.